The number of halogens is 3. The molecule has 0 saturated heterocycles. The second-order valence-electron chi connectivity index (χ2n) is 6.94. The number of imidazole rings is 1. The van der Waals surface area contributed by atoms with E-state index in [-0.39, 0.29) is 6.54 Å². The Bertz CT molecular complexity index is 1220. The highest BCUT2D eigenvalue weighted by atomic mass is 19.4. The molecule has 0 radical (unpaired) electrons. The van der Waals surface area contributed by atoms with E-state index in [4.69, 9.17) is 0 Å². The number of pyridine rings is 1. The number of nitrogens with one attached hydrogen (secondary N) is 1. The van der Waals surface area contributed by atoms with E-state index >= 15 is 0 Å². The van der Waals surface area contributed by atoms with Gasteiger partial charge in [0.15, 0.2) is 0 Å². The lowest BCUT2D eigenvalue weighted by atomic mass is 9.99. The normalized spacial score (nSPS) is 16.8. The van der Waals surface area contributed by atoms with Crippen molar-refractivity contribution in [1.82, 2.24) is 39.2 Å². The van der Waals surface area contributed by atoms with Crippen molar-refractivity contribution in [2.75, 3.05) is 6.54 Å². The third kappa shape index (κ3) is 2.83. The monoisotopic (exact) mass is 416 g/mol. The fourth-order valence-electron chi connectivity index (χ4n) is 3.71. The number of nitrogens with zero attached hydrogens (tertiary/aromatic N) is 7. The Kier molecular flexibility index (Phi) is 3.91. The second kappa shape index (κ2) is 6.40. The van der Waals surface area contributed by atoms with Gasteiger partial charge in [0, 0.05) is 31.9 Å². The second-order valence-corrected chi connectivity index (χ2v) is 6.94. The lowest BCUT2D eigenvalue weighted by Gasteiger charge is -2.33. The minimum Gasteiger partial charge on any atom is -0.348 e. The topological polar surface area (TPSA) is 97.0 Å². The average Bonchev–Trinajstić information content (AvgIpc) is 3.43. The third-order valence-electron chi connectivity index (χ3n) is 5.06. The molecule has 5 heterocycles. The van der Waals surface area contributed by atoms with Crippen molar-refractivity contribution < 1.29 is 18.0 Å². The predicted octanol–water partition coefficient (Wildman–Crippen LogP) is 1.99. The van der Waals surface area contributed by atoms with E-state index in [0.717, 1.165) is 15.9 Å². The maximum absolute atomic E-state index is 13.3. The van der Waals surface area contributed by atoms with Crippen LogP contribution < -0.4 is 0 Å². The van der Waals surface area contributed by atoms with Crippen LogP contribution in [0.25, 0.3) is 5.52 Å². The molecule has 0 unspecified atom stereocenters. The minimum absolute atomic E-state index is 0.265. The summed E-state index contributed by atoms with van der Waals surface area (Å²) in [5, 5.41) is 7.91. The molecule has 1 N–H and O–H groups in total. The third-order valence-corrected chi connectivity index (χ3v) is 5.06. The number of H-pyrrole nitrogens is 1. The zero-order chi connectivity index (χ0) is 21.0. The van der Waals surface area contributed by atoms with Crippen LogP contribution in [0.4, 0.5) is 13.2 Å². The van der Waals surface area contributed by atoms with E-state index in [1.165, 1.54) is 18.3 Å². The lowest BCUT2D eigenvalue weighted by molar-refractivity contribution is -0.144. The summed E-state index contributed by atoms with van der Waals surface area (Å²) in [7, 11) is 1.26. The van der Waals surface area contributed by atoms with E-state index in [1.54, 1.807) is 10.7 Å². The SMILES string of the molecule is Cn1nc(C(F)(F)F)nc1C(=O)N1CCc2[nH]cnc2[C@H]1c1cc2ccccn2n1. The first kappa shape index (κ1) is 18.3. The van der Waals surface area contributed by atoms with Crippen LogP contribution in [0.15, 0.2) is 36.8 Å². The van der Waals surface area contributed by atoms with Gasteiger partial charge in [-0.3, -0.25) is 4.79 Å². The van der Waals surface area contributed by atoms with Crippen LogP contribution in [0.3, 0.4) is 0 Å². The van der Waals surface area contributed by atoms with Crippen molar-refractivity contribution in [1.29, 1.82) is 0 Å². The first-order valence-corrected chi connectivity index (χ1v) is 9.08. The first-order valence-electron chi connectivity index (χ1n) is 9.08. The number of hydrogen-bond acceptors (Lipinski definition) is 5. The highest BCUT2D eigenvalue weighted by molar-refractivity contribution is 5.91. The number of alkyl halides is 3. The number of carbonyl (C=O) groups is 1. The molecule has 12 heteroatoms. The summed E-state index contributed by atoms with van der Waals surface area (Å²) in [6.07, 6.45) is -0.952. The standard InChI is InChI=1S/C18H15F3N8O/c1-27-15(24-17(26-27)18(19,20)21)16(30)28-7-5-11-13(23-9-22-11)14(28)12-8-10-4-2-3-6-29(10)25-12/h2-4,6,8-9,14H,5,7H2,1H3,(H,22,23)/t14-/m1/s1. The molecule has 0 aliphatic carbocycles. The molecular weight excluding hydrogens is 401 g/mol. The zero-order valence-electron chi connectivity index (χ0n) is 15.6. The van der Waals surface area contributed by atoms with Crippen molar-refractivity contribution in [2.24, 2.45) is 7.05 Å². The number of hydrogen-bond donors (Lipinski definition) is 1. The van der Waals surface area contributed by atoms with Crippen LogP contribution >= 0.6 is 0 Å². The van der Waals surface area contributed by atoms with Gasteiger partial charge in [-0.2, -0.15) is 23.3 Å². The van der Waals surface area contributed by atoms with Gasteiger partial charge in [0.05, 0.1) is 23.2 Å². The molecule has 0 spiro atoms. The Hall–Kier alpha value is -3.70. The van der Waals surface area contributed by atoms with E-state index in [9.17, 15) is 18.0 Å². The highest BCUT2D eigenvalue weighted by Crippen LogP contribution is 2.34. The molecule has 1 amide bonds. The molecule has 4 aromatic heterocycles. The molecule has 1 atom stereocenters. The fourth-order valence-corrected chi connectivity index (χ4v) is 3.71. The molecular formula is C18H15F3N8O. The average molecular weight is 416 g/mol. The summed E-state index contributed by atoms with van der Waals surface area (Å²) >= 11 is 0. The molecule has 5 rings (SSSR count). The van der Waals surface area contributed by atoms with Gasteiger partial charge in [-0.05, 0) is 18.2 Å². The van der Waals surface area contributed by atoms with Crippen molar-refractivity contribution in [2.45, 2.75) is 18.6 Å². The summed E-state index contributed by atoms with van der Waals surface area (Å²) in [4.78, 5) is 25.6. The summed E-state index contributed by atoms with van der Waals surface area (Å²) in [5.41, 5.74) is 2.84. The van der Waals surface area contributed by atoms with Gasteiger partial charge in [-0.1, -0.05) is 6.07 Å². The number of aromatic amines is 1. The summed E-state index contributed by atoms with van der Waals surface area (Å²) < 4.78 is 41.6. The lowest BCUT2D eigenvalue weighted by Crippen LogP contribution is -2.42. The first-order chi connectivity index (χ1) is 14.3. The van der Waals surface area contributed by atoms with Crippen molar-refractivity contribution in [3.63, 3.8) is 0 Å². The maximum Gasteiger partial charge on any atom is 0.453 e. The van der Waals surface area contributed by atoms with Gasteiger partial charge in [0.2, 0.25) is 5.82 Å². The molecule has 9 nitrogen and oxygen atoms in total. The number of aryl methyl sites for hydroxylation is 1. The maximum atomic E-state index is 13.3. The Morgan fingerprint density at radius 1 is 1.27 bits per heavy atom. The molecule has 154 valence electrons. The molecule has 1 aliphatic rings. The predicted molar refractivity (Wildman–Crippen MR) is 96.4 cm³/mol. The van der Waals surface area contributed by atoms with Gasteiger partial charge < -0.3 is 9.88 Å². The molecule has 1 aliphatic heterocycles. The van der Waals surface area contributed by atoms with Crippen molar-refractivity contribution in [3.05, 3.63) is 65.5 Å². The van der Waals surface area contributed by atoms with Gasteiger partial charge in [-0.15, -0.1) is 5.10 Å². The van der Waals surface area contributed by atoms with Gasteiger partial charge in [0.1, 0.15) is 6.04 Å². The largest absolute Gasteiger partial charge is 0.453 e. The Labute approximate surface area is 167 Å². The van der Waals surface area contributed by atoms with Gasteiger partial charge in [0.25, 0.3) is 11.7 Å². The molecule has 0 saturated carbocycles. The van der Waals surface area contributed by atoms with E-state index < -0.39 is 29.8 Å². The molecule has 0 bridgehead atoms. The van der Waals surface area contributed by atoms with Crippen molar-refractivity contribution >= 4 is 11.4 Å². The number of carbonyl (C=O) groups excluding carboxylic acids is 1. The summed E-state index contributed by atoms with van der Waals surface area (Å²) in [6, 6.07) is 6.72. The van der Waals surface area contributed by atoms with E-state index in [2.05, 4.69) is 25.1 Å². The Balaban J connectivity index is 1.60. The molecule has 4 aromatic rings. The van der Waals surface area contributed by atoms with Crippen LogP contribution in [0.5, 0.6) is 0 Å². The van der Waals surface area contributed by atoms with Crippen LogP contribution in [0.2, 0.25) is 0 Å². The van der Waals surface area contributed by atoms with Gasteiger partial charge >= 0.3 is 6.18 Å². The number of fused-ring (bicyclic) bond motifs is 2. The minimum atomic E-state index is -4.74. The van der Waals surface area contributed by atoms with Crippen LogP contribution in [0.1, 0.15) is 39.6 Å². The summed E-state index contributed by atoms with van der Waals surface area (Å²) in [6.45, 7) is 0.265. The van der Waals surface area contributed by atoms with Gasteiger partial charge in [-0.25, -0.2) is 14.2 Å². The van der Waals surface area contributed by atoms with Crippen LogP contribution in [0, 0.1) is 0 Å². The van der Waals surface area contributed by atoms with E-state index in [0.29, 0.717) is 17.8 Å². The Morgan fingerprint density at radius 2 is 2.10 bits per heavy atom. The number of rotatable bonds is 2. The van der Waals surface area contributed by atoms with Crippen molar-refractivity contribution in [3.8, 4) is 0 Å². The number of amides is 1. The van der Waals surface area contributed by atoms with Crippen LogP contribution in [-0.2, 0) is 19.6 Å². The highest BCUT2D eigenvalue weighted by Gasteiger charge is 2.41. The quantitative estimate of drug-likeness (QED) is 0.539. The molecule has 0 fully saturated rings. The fraction of sp³-hybridized carbons (Fsp3) is 0.278. The smallest absolute Gasteiger partial charge is 0.348 e. The molecule has 30 heavy (non-hydrogen) atoms. The van der Waals surface area contributed by atoms with Crippen LogP contribution in [-0.4, -0.2) is 51.7 Å². The zero-order valence-corrected chi connectivity index (χ0v) is 15.6. The summed E-state index contributed by atoms with van der Waals surface area (Å²) in [5.74, 6) is -2.42. The van der Waals surface area contributed by atoms with E-state index in [1.807, 2.05) is 24.3 Å². The molecule has 0 aromatic carbocycles. The Morgan fingerprint density at radius 3 is 2.83 bits per heavy atom. The number of aromatic nitrogens is 7.